The van der Waals surface area contributed by atoms with Gasteiger partial charge in [-0.3, -0.25) is 9.59 Å². The maximum Gasteiger partial charge on any atom is 0.309 e. The number of hydrogen-bond donors (Lipinski definition) is 3. The lowest BCUT2D eigenvalue weighted by molar-refractivity contribution is -0.140. The molecule has 23 heavy (non-hydrogen) atoms. The van der Waals surface area contributed by atoms with Gasteiger partial charge in [0.1, 0.15) is 5.75 Å². The van der Waals surface area contributed by atoms with E-state index in [-0.39, 0.29) is 28.9 Å². The first-order chi connectivity index (χ1) is 10.9. The van der Waals surface area contributed by atoms with Crippen molar-refractivity contribution in [2.75, 3.05) is 7.11 Å². The largest absolute Gasteiger partial charge is 0.508 e. The smallest absolute Gasteiger partial charge is 0.309 e. The van der Waals surface area contributed by atoms with E-state index < -0.39 is 17.5 Å². The minimum atomic E-state index is -2.13. The van der Waals surface area contributed by atoms with Crippen molar-refractivity contribution in [1.29, 1.82) is 0 Å². The molecule has 0 bridgehead atoms. The summed E-state index contributed by atoms with van der Waals surface area (Å²) in [5.41, 5.74) is 3.96. The SMILES string of the molecule is COC(=O)Cc1cc(O)ccc1C(O)(C(N)=O)c1ccccc1. The highest BCUT2D eigenvalue weighted by Gasteiger charge is 2.40. The lowest BCUT2D eigenvalue weighted by atomic mass is 9.82. The molecule has 2 aromatic carbocycles. The Morgan fingerprint density at radius 3 is 2.39 bits per heavy atom. The molecule has 2 rings (SSSR count). The molecule has 1 atom stereocenters. The Labute approximate surface area is 133 Å². The molecule has 0 aromatic heterocycles. The number of aromatic hydroxyl groups is 1. The summed E-state index contributed by atoms with van der Waals surface area (Å²) in [6, 6.07) is 12.1. The van der Waals surface area contributed by atoms with Crippen molar-refractivity contribution in [1.82, 2.24) is 0 Å². The fraction of sp³-hybridized carbons (Fsp3) is 0.176. The van der Waals surface area contributed by atoms with E-state index in [0.29, 0.717) is 0 Å². The molecule has 0 spiro atoms. The first-order valence-electron chi connectivity index (χ1n) is 6.86. The van der Waals surface area contributed by atoms with Crippen molar-refractivity contribution in [3.8, 4) is 5.75 Å². The molecular formula is C17H17NO5. The minimum Gasteiger partial charge on any atom is -0.508 e. The van der Waals surface area contributed by atoms with Crippen molar-refractivity contribution >= 4 is 11.9 Å². The summed E-state index contributed by atoms with van der Waals surface area (Å²) in [6.45, 7) is 0. The van der Waals surface area contributed by atoms with Crippen LogP contribution in [0.1, 0.15) is 16.7 Å². The van der Waals surface area contributed by atoms with Gasteiger partial charge in [0.05, 0.1) is 13.5 Å². The van der Waals surface area contributed by atoms with Gasteiger partial charge in [0, 0.05) is 5.56 Å². The number of phenols is 1. The zero-order chi connectivity index (χ0) is 17.0. The average molecular weight is 315 g/mol. The third-order valence-electron chi connectivity index (χ3n) is 3.59. The van der Waals surface area contributed by atoms with Gasteiger partial charge >= 0.3 is 5.97 Å². The third kappa shape index (κ3) is 3.17. The summed E-state index contributed by atoms with van der Waals surface area (Å²) in [7, 11) is 1.22. The standard InChI is InChI=1S/C17H17NO5/c1-23-15(20)10-11-9-13(19)7-8-14(11)17(22,16(18)21)12-5-3-2-4-6-12/h2-9,19,22H,10H2,1H3,(H2,18,21). The number of hydrogen-bond acceptors (Lipinski definition) is 5. The predicted octanol–water partition coefficient (Wildman–Crippen LogP) is 0.829. The first-order valence-corrected chi connectivity index (χ1v) is 6.86. The Balaban J connectivity index is 2.65. The Morgan fingerprint density at radius 2 is 1.83 bits per heavy atom. The molecule has 6 heteroatoms. The van der Waals surface area contributed by atoms with Gasteiger partial charge in [-0.25, -0.2) is 0 Å². The lowest BCUT2D eigenvalue weighted by Crippen LogP contribution is -2.43. The third-order valence-corrected chi connectivity index (χ3v) is 3.59. The van der Waals surface area contributed by atoms with Gasteiger partial charge in [-0.1, -0.05) is 36.4 Å². The topological polar surface area (TPSA) is 110 Å². The van der Waals surface area contributed by atoms with Crippen molar-refractivity contribution < 1.29 is 24.5 Å². The molecule has 0 saturated carbocycles. The number of ether oxygens (including phenoxy) is 1. The van der Waals surface area contributed by atoms with Crippen LogP contribution in [0, 0.1) is 0 Å². The summed E-state index contributed by atoms with van der Waals surface area (Å²) in [4.78, 5) is 23.6. The average Bonchev–Trinajstić information content (AvgIpc) is 2.54. The van der Waals surface area contributed by atoms with Crippen molar-refractivity contribution in [3.63, 3.8) is 0 Å². The second-order valence-corrected chi connectivity index (χ2v) is 5.04. The molecule has 0 heterocycles. The quantitative estimate of drug-likeness (QED) is 0.708. The van der Waals surface area contributed by atoms with Gasteiger partial charge in [-0.05, 0) is 23.3 Å². The lowest BCUT2D eigenvalue weighted by Gasteiger charge is -2.28. The van der Waals surface area contributed by atoms with Crippen LogP contribution in [0.15, 0.2) is 48.5 Å². The molecule has 1 amide bonds. The summed E-state index contributed by atoms with van der Waals surface area (Å²) in [6.07, 6.45) is -0.220. The van der Waals surface area contributed by atoms with Crippen LogP contribution in [0.25, 0.3) is 0 Å². The normalized spacial score (nSPS) is 13.1. The predicted molar refractivity (Wildman–Crippen MR) is 82.5 cm³/mol. The van der Waals surface area contributed by atoms with E-state index in [1.165, 1.54) is 25.3 Å². The first kappa shape index (κ1) is 16.5. The molecule has 2 aromatic rings. The van der Waals surface area contributed by atoms with Crippen LogP contribution in [-0.4, -0.2) is 29.2 Å². The molecule has 0 aliphatic carbocycles. The highest BCUT2D eigenvalue weighted by Crippen LogP contribution is 2.33. The van der Waals surface area contributed by atoms with Crippen LogP contribution in [-0.2, 0) is 26.3 Å². The van der Waals surface area contributed by atoms with Gasteiger partial charge in [0.2, 0.25) is 0 Å². The van der Waals surface area contributed by atoms with Crippen LogP contribution in [0.3, 0.4) is 0 Å². The summed E-state index contributed by atoms with van der Waals surface area (Å²) in [5, 5.41) is 20.6. The van der Waals surface area contributed by atoms with Crippen LogP contribution in [0.5, 0.6) is 5.75 Å². The van der Waals surface area contributed by atoms with Crippen LogP contribution < -0.4 is 5.73 Å². The Morgan fingerprint density at radius 1 is 1.17 bits per heavy atom. The summed E-state index contributed by atoms with van der Waals surface area (Å²) < 4.78 is 4.61. The van der Waals surface area contributed by atoms with Crippen LogP contribution >= 0.6 is 0 Å². The number of aliphatic hydroxyl groups is 1. The number of carbonyl (C=O) groups is 2. The molecule has 0 radical (unpaired) electrons. The van der Waals surface area contributed by atoms with E-state index in [1.807, 2.05) is 0 Å². The Kier molecular flexibility index (Phi) is 4.66. The second kappa shape index (κ2) is 6.50. The molecule has 0 aliphatic rings. The zero-order valence-corrected chi connectivity index (χ0v) is 12.5. The van der Waals surface area contributed by atoms with Gasteiger partial charge in [-0.15, -0.1) is 0 Å². The Hall–Kier alpha value is -2.86. The van der Waals surface area contributed by atoms with E-state index in [1.54, 1.807) is 30.3 Å². The monoisotopic (exact) mass is 315 g/mol. The van der Waals surface area contributed by atoms with Gasteiger partial charge in [-0.2, -0.15) is 0 Å². The second-order valence-electron chi connectivity index (χ2n) is 5.04. The van der Waals surface area contributed by atoms with E-state index in [4.69, 9.17) is 5.73 Å². The van der Waals surface area contributed by atoms with Crippen LogP contribution in [0.2, 0.25) is 0 Å². The number of benzene rings is 2. The van der Waals surface area contributed by atoms with Crippen molar-refractivity contribution in [2.24, 2.45) is 5.73 Å². The van der Waals surface area contributed by atoms with E-state index >= 15 is 0 Å². The number of methoxy groups -OCH3 is 1. The zero-order valence-electron chi connectivity index (χ0n) is 12.5. The highest BCUT2D eigenvalue weighted by atomic mass is 16.5. The Bertz CT molecular complexity index is 729. The number of phenolic OH excluding ortho intramolecular Hbond substituents is 1. The fourth-order valence-corrected chi connectivity index (χ4v) is 2.42. The van der Waals surface area contributed by atoms with Crippen molar-refractivity contribution in [2.45, 2.75) is 12.0 Å². The molecule has 120 valence electrons. The van der Waals surface area contributed by atoms with E-state index in [9.17, 15) is 19.8 Å². The number of amides is 1. The summed E-state index contributed by atoms with van der Waals surface area (Å²) in [5.74, 6) is -1.66. The molecule has 6 nitrogen and oxygen atoms in total. The molecule has 0 fully saturated rings. The van der Waals surface area contributed by atoms with Gasteiger partial charge in [0.25, 0.3) is 5.91 Å². The highest BCUT2D eigenvalue weighted by molar-refractivity contribution is 5.89. The molecule has 1 unspecified atom stereocenters. The number of rotatable bonds is 5. The minimum absolute atomic E-state index is 0.104. The van der Waals surface area contributed by atoms with Gasteiger partial charge < -0.3 is 20.7 Å². The number of carbonyl (C=O) groups excluding carboxylic acids is 2. The fourth-order valence-electron chi connectivity index (χ4n) is 2.42. The number of nitrogens with two attached hydrogens (primary N) is 1. The number of primary amides is 1. The van der Waals surface area contributed by atoms with E-state index in [0.717, 1.165) is 0 Å². The van der Waals surface area contributed by atoms with Crippen molar-refractivity contribution in [3.05, 3.63) is 65.2 Å². The number of esters is 1. The van der Waals surface area contributed by atoms with Crippen LogP contribution in [0.4, 0.5) is 0 Å². The molecular weight excluding hydrogens is 298 g/mol. The van der Waals surface area contributed by atoms with Gasteiger partial charge in [0.15, 0.2) is 5.60 Å². The maximum atomic E-state index is 12.0. The van der Waals surface area contributed by atoms with E-state index in [2.05, 4.69) is 4.74 Å². The molecule has 4 N–H and O–H groups in total. The molecule has 0 saturated heterocycles. The maximum absolute atomic E-state index is 12.0. The molecule has 0 aliphatic heterocycles. The summed E-state index contributed by atoms with van der Waals surface area (Å²) >= 11 is 0.